The molecule has 1 aromatic carbocycles. The Labute approximate surface area is 117 Å². The van der Waals surface area contributed by atoms with Crippen LogP contribution in [0.15, 0.2) is 24.3 Å². The van der Waals surface area contributed by atoms with Crippen LogP contribution >= 0.6 is 0 Å². The van der Waals surface area contributed by atoms with Crippen molar-refractivity contribution in [3.8, 4) is 0 Å². The van der Waals surface area contributed by atoms with Crippen LogP contribution in [0, 0.1) is 5.82 Å². The van der Waals surface area contributed by atoms with E-state index in [0.29, 0.717) is 6.04 Å². The number of benzene rings is 1. The van der Waals surface area contributed by atoms with Gasteiger partial charge in [0.2, 0.25) is 0 Å². The summed E-state index contributed by atoms with van der Waals surface area (Å²) in [5.41, 5.74) is 1.15. The Hall–Kier alpha value is -0.930. The summed E-state index contributed by atoms with van der Waals surface area (Å²) < 4.78 is 12.8. The van der Waals surface area contributed by atoms with Gasteiger partial charge in [-0.1, -0.05) is 31.9 Å². The van der Waals surface area contributed by atoms with Crippen molar-refractivity contribution in [3.05, 3.63) is 35.6 Å². The molecule has 0 amide bonds. The molecule has 0 saturated heterocycles. The number of rotatable bonds is 9. The SMILES string of the molecule is CCCCCNCC(C)N(C)Cc1ccc(F)cc1. The van der Waals surface area contributed by atoms with Gasteiger partial charge in [0, 0.05) is 19.1 Å². The van der Waals surface area contributed by atoms with Crippen molar-refractivity contribution in [2.75, 3.05) is 20.1 Å². The molecule has 2 nitrogen and oxygen atoms in total. The first kappa shape index (κ1) is 16.1. The molecule has 0 radical (unpaired) electrons. The van der Waals surface area contributed by atoms with Crippen LogP contribution in [0.4, 0.5) is 4.39 Å². The first-order valence-electron chi connectivity index (χ1n) is 7.29. The minimum atomic E-state index is -0.169. The number of likely N-dealkylation sites (N-methyl/N-ethyl adjacent to an activating group) is 1. The maximum absolute atomic E-state index is 12.8. The lowest BCUT2D eigenvalue weighted by Gasteiger charge is -2.25. The molecule has 1 rings (SSSR count). The quantitative estimate of drug-likeness (QED) is 0.689. The van der Waals surface area contributed by atoms with E-state index >= 15 is 0 Å². The summed E-state index contributed by atoms with van der Waals surface area (Å²) in [5.74, 6) is -0.169. The first-order chi connectivity index (χ1) is 9.13. The predicted molar refractivity (Wildman–Crippen MR) is 79.7 cm³/mol. The third-order valence-corrected chi connectivity index (χ3v) is 3.49. The van der Waals surface area contributed by atoms with Gasteiger partial charge in [-0.15, -0.1) is 0 Å². The lowest BCUT2D eigenvalue weighted by molar-refractivity contribution is 0.242. The summed E-state index contributed by atoms with van der Waals surface area (Å²) >= 11 is 0. The second-order valence-electron chi connectivity index (χ2n) is 5.30. The summed E-state index contributed by atoms with van der Waals surface area (Å²) in [5, 5.41) is 3.49. The van der Waals surface area contributed by atoms with Crippen molar-refractivity contribution in [1.82, 2.24) is 10.2 Å². The molecule has 0 aliphatic carbocycles. The van der Waals surface area contributed by atoms with Crippen LogP contribution in [0.1, 0.15) is 38.7 Å². The van der Waals surface area contributed by atoms with Gasteiger partial charge < -0.3 is 5.32 Å². The Morgan fingerprint density at radius 1 is 1.21 bits per heavy atom. The molecule has 1 N–H and O–H groups in total. The molecule has 0 bridgehead atoms. The molecule has 1 aromatic rings. The van der Waals surface area contributed by atoms with Crippen LogP contribution in [-0.4, -0.2) is 31.1 Å². The number of nitrogens with one attached hydrogen (secondary N) is 1. The number of unbranched alkanes of at least 4 members (excludes halogenated alkanes) is 2. The van der Waals surface area contributed by atoms with E-state index in [1.807, 2.05) is 12.1 Å². The van der Waals surface area contributed by atoms with E-state index in [4.69, 9.17) is 0 Å². The smallest absolute Gasteiger partial charge is 0.123 e. The number of halogens is 1. The molecule has 0 fully saturated rings. The zero-order valence-corrected chi connectivity index (χ0v) is 12.5. The van der Waals surface area contributed by atoms with Gasteiger partial charge in [-0.25, -0.2) is 4.39 Å². The Morgan fingerprint density at radius 2 is 1.89 bits per heavy atom. The largest absolute Gasteiger partial charge is 0.315 e. The topological polar surface area (TPSA) is 15.3 Å². The van der Waals surface area contributed by atoms with E-state index in [9.17, 15) is 4.39 Å². The monoisotopic (exact) mass is 266 g/mol. The summed E-state index contributed by atoms with van der Waals surface area (Å²) in [6, 6.07) is 7.24. The molecular weight excluding hydrogens is 239 g/mol. The normalized spacial score (nSPS) is 12.9. The van der Waals surface area contributed by atoms with Gasteiger partial charge in [0.25, 0.3) is 0 Å². The Morgan fingerprint density at radius 3 is 2.53 bits per heavy atom. The molecule has 1 atom stereocenters. The highest BCUT2D eigenvalue weighted by Crippen LogP contribution is 2.07. The van der Waals surface area contributed by atoms with Crippen LogP contribution in [-0.2, 0) is 6.54 Å². The highest BCUT2D eigenvalue weighted by atomic mass is 19.1. The van der Waals surface area contributed by atoms with Crippen LogP contribution < -0.4 is 5.32 Å². The van der Waals surface area contributed by atoms with Crippen molar-refractivity contribution < 1.29 is 4.39 Å². The number of nitrogens with zero attached hydrogens (tertiary/aromatic N) is 1. The Kier molecular flexibility index (Phi) is 7.68. The van der Waals surface area contributed by atoms with Gasteiger partial charge >= 0.3 is 0 Å². The van der Waals surface area contributed by atoms with E-state index in [-0.39, 0.29) is 5.82 Å². The standard InChI is InChI=1S/C16H27FN2/c1-4-5-6-11-18-12-14(2)19(3)13-15-7-9-16(17)10-8-15/h7-10,14,18H,4-6,11-13H2,1-3H3. The highest BCUT2D eigenvalue weighted by molar-refractivity contribution is 5.15. The minimum Gasteiger partial charge on any atom is -0.315 e. The molecule has 19 heavy (non-hydrogen) atoms. The van der Waals surface area contributed by atoms with E-state index in [1.165, 1.54) is 31.4 Å². The summed E-state index contributed by atoms with van der Waals surface area (Å²) in [7, 11) is 2.11. The first-order valence-corrected chi connectivity index (χ1v) is 7.29. The molecular formula is C16H27FN2. The van der Waals surface area contributed by atoms with Crippen molar-refractivity contribution in [3.63, 3.8) is 0 Å². The van der Waals surface area contributed by atoms with E-state index in [1.54, 1.807) is 0 Å². The molecule has 3 heteroatoms. The van der Waals surface area contributed by atoms with E-state index in [2.05, 4.69) is 31.1 Å². The molecule has 108 valence electrons. The molecule has 0 aliphatic rings. The van der Waals surface area contributed by atoms with Crippen molar-refractivity contribution in [1.29, 1.82) is 0 Å². The second-order valence-corrected chi connectivity index (χ2v) is 5.30. The van der Waals surface area contributed by atoms with Gasteiger partial charge in [0.1, 0.15) is 5.82 Å². The lowest BCUT2D eigenvalue weighted by Crippen LogP contribution is -2.37. The van der Waals surface area contributed by atoms with E-state index in [0.717, 1.165) is 25.2 Å². The average molecular weight is 266 g/mol. The molecule has 1 unspecified atom stereocenters. The van der Waals surface area contributed by atoms with Gasteiger partial charge in [-0.2, -0.15) is 0 Å². The molecule has 0 heterocycles. The second kappa shape index (κ2) is 9.05. The molecule has 0 aliphatic heterocycles. The van der Waals surface area contributed by atoms with Gasteiger partial charge in [0.15, 0.2) is 0 Å². The van der Waals surface area contributed by atoms with Crippen LogP contribution in [0.2, 0.25) is 0 Å². The number of hydrogen-bond donors (Lipinski definition) is 1. The van der Waals surface area contributed by atoms with Gasteiger partial charge in [-0.05, 0) is 44.6 Å². The fourth-order valence-corrected chi connectivity index (χ4v) is 2.00. The fraction of sp³-hybridized carbons (Fsp3) is 0.625. The van der Waals surface area contributed by atoms with Crippen LogP contribution in [0.25, 0.3) is 0 Å². The maximum Gasteiger partial charge on any atom is 0.123 e. The third-order valence-electron chi connectivity index (χ3n) is 3.49. The predicted octanol–water partition coefficient (Wildman–Crippen LogP) is 3.43. The zero-order valence-electron chi connectivity index (χ0n) is 12.5. The Bertz CT molecular complexity index is 337. The van der Waals surface area contributed by atoms with Crippen molar-refractivity contribution >= 4 is 0 Å². The minimum absolute atomic E-state index is 0.169. The van der Waals surface area contributed by atoms with Crippen LogP contribution in [0.3, 0.4) is 0 Å². The fourth-order valence-electron chi connectivity index (χ4n) is 2.00. The van der Waals surface area contributed by atoms with Crippen molar-refractivity contribution in [2.24, 2.45) is 0 Å². The molecule has 0 spiro atoms. The maximum atomic E-state index is 12.8. The summed E-state index contributed by atoms with van der Waals surface area (Å²) in [6.07, 6.45) is 3.82. The number of hydrogen-bond acceptors (Lipinski definition) is 2. The zero-order chi connectivity index (χ0) is 14.1. The Balaban J connectivity index is 2.24. The summed E-state index contributed by atoms with van der Waals surface area (Å²) in [6.45, 7) is 7.40. The molecule has 0 saturated carbocycles. The van der Waals surface area contributed by atoms with Gasteiger partial charge in [-0.3, -0.25) is 4.90 Å². The molecule has 0 aromatic heterocycles. The summed E-state index contributed by atoms with van der Waals surface area (Å²) in [4.78, 5) is 2.29. The highest BCUT2D eigenvalue weighted by Gasteiger charge is 2.09. The van der Waals surface area contributed by atoms with E-state index < -0.39 is 0 Å². The average Bonchev–Trinajstić information content (AvgIpc) is 2.41. The van der Waals surface area contributed by atoms with Crippen LogP contribution in [0.5, 0.6) is 0 Å². The van der Waals surface area contributed by atoms with Crippen molar-refractivity contribution in [2.45, 2.75) is 45.7 Å². The van der Waals surface area contributed by atoms with Gasteiger partial charge in [0.05, 0.1) is 0 Å². The lowest BCUT2D eigenvalue weighted by atomic mass is 10.2. The third kappa shape index (κ3) is 6.69.